The molecule has 4 heteroatoms. The van der Waals surface area contributed by atoms with Gasteiger partial charge in [-0.05, 0) is 31.0 Å². The van der Waals surface area contributed by atoms with E-state index in [1.807, 2.05) is 0 Å². The van der Waals surface area contributed by atoms with Gasteiger partial charge in [0.05, 0.1) is 11.8 Å². The Hall–Kier alpha value is -1.68. The molecule has 0 atom stereocenters. The van der Waals surface area contributed by atoms with E-state index in [0.29, 0.717) is 4.70 Å². The number of H-pyrrole nitrogens is 1. The molecule has 0 saturated heterocycles. The average Bonchev–Trinajstić information content (AvgIpc) is 2.57. The summed E-state index contributed by atoms with van der Waals surface area (Å²) >= 11 is 1.51. The number of benzene rings is 1. The molecule has 0 saturated carbocycles. The van der Waals surface area contributed by atoms with Crippen molar-refractivity contribution >= 4 is 31.6 Å². The number of aryl methyl sites for hydroxylation is 2. The number of nitrogens with zero attached hydrogens (tertiary/aromatic N) is 1. The standard InChI is InChI=1S/C12H10N2OS/c1-6-3-7(2)9-8(4-6)16-11-10(9)13-5-14-12(11)15/h3-5H,1-2H3,(H,13,14,15). The third-order valence-electron chi connectivity index (χ3n) is 2.70. The van der Waals surface area contributed by atoms with Gasteiger partial charge in [-0.2, -0.15) is 0 Å². The normalized spacial score (nSPS) is 11.4. The lowest BCUT2D eigenvalue weighted by molar-refractivity contribution is 1.18. The molecule has 0 amide bonds. The number of nitrogens with one attached hydrogen (secondary N) is 1. The minimum Gasteiger partial charge on any atom is -0.312 e. The van der Waals surface area contributed by atoms with E-state index in [2.05, 4.69) is 35.9 Å². The van der Waals surface area contributed by atoms with Crippen LogP contribution in [0.1, 0.15) is 11.1 Å². The second-order valence-electron chi connectivity index (χ2n) is 3.97. The highest BCUT2D eigenvalue weighted by Crippen LogP contribution is 2.33. The fraction of sp³-hybridized carbons (Fsp3) is 0.167. The maximum Gasteiger partial charge on any atom is 0.268 e. The van der Waals surface area contributed by atoms with Crippen molar-refractivity contribution in [1.29, 1.82) is 0 Å². The molecule has 2 aromatic heterocycles. The largest absolute Gasteiger partial charge is 0.312 e. The molecule has 2 heterocycles. The second-order valence-corrected chi connectivity index (χ2v) is 5.02. The molecular formula is C12H10N2OS. The van der Waals surface area contributed by atoms with Crippen LogP contribution in [0.15, 0.2) is 23.3 Å². The van der Waals surface area contributed by atoms with E-state index in [9.17, 15) is 4.79 Å². The molecule has 1 N–H and O–H groups in total. The monoisotopic (exact) mass is 230 g/mol. The Morgan fingerprint density at radius 3 is 2.94 bits per heavy atom. The second kappa shape index (κ2) is 3.15. The van der Waals surface area contributed by atoms with Crippen molar-refractivity contribution in [2.24, 2.45) is 0 Å². The van der Waals surface area contributed by atoms with Crippen LogP contribution >= 0.6 is 11.3 Å². The first-order valence-corrected chi connectivity index (χ1v) is 5.85. The Morgan fingerprint density at radius 2 is 2.12 bits per heavy atom. The van der Waals surface area contributed by atoms with E-state index in [-0.39, 0.29) is 5.56 Å². The Kier molecular flexibility index (Phi) is 1.88. The smallest absolute Gasteiger partial charge is 0.268 e. The quantitative estimate of drug-likeness (QED) is 0.645. The Balaban J connectivity index is 2.67. The molecule has 0 fully saturated rings. The van der Waals surface area contributed by atoms with Gasteiger partial charge in [0.15, 0.2) is 0 Å². The molecule has 0 radical (unpaired) electrons. The highest BCUT2D eigenvalue weighted by molar-refractivity contribution is 7.25. The van der Waals surface area contributed by atoms with Crippen molar-refractivity contribution in [3.8, 4) is 0 Å². The number of fused-ring (bicyclic) bond motifs is 3. The van der Waals surface area contributed by atoms with Crippen LogP contribution in [0.5, 0.6) is 0 Å². The van der Waals surface area contributed by atoms with Gasteiger partial charge in [0.2, 0.25) is 0 Å². The first-order valence-electron chi connectivity index (χ1n) is 5.04. The molecule has 0 aliphatic heterocycles. The summed E-state index contributed by atoms with van der Waals surface area (Å²) in [5.41, 5.74) is 3.16. The molecule has 0 unspecified atom stereocenters. The average molecular weight is 230 g/mol. The zero-order valence-electron chi connectivity index (χ0n) is 9.00. The van der Waals surface area contributed by atoms with Crippen LogP contribution in [0, 0.1) is 13.8 Å². The van der Waals surface area contributed by atoms with Gasteiger partial charge in [0.1, 0.15) is 4.70 Å². The number of hydrogen-bond donors (Lipinski definition) is 1. The van der Waals surface area contributed by atoms with E-state index in [1.54, 1.807) is 0 Å². The molecule has 0 aliphatic carbocycles. The molecule has 80 valence electrons. The molecule has 0 spiro atoms. The summed E-state index contributed by atoms with van der Waals surface area (Å²) in [6.45, 7) is 4.12. The number of aromatic nitrogens is 2. The van der Waals surface area contributed by atoms with Crippen LogP contribution in [0.4, 0.5) is 0 Å². The Bertz CT molecular complexity index is 755. The van der Waals surface area contributed by atoms with Gasteiger partial charge < -0.3 is 4.98 Å². The lowest BCUT2D eigenvalue weighted by Gasteiger charge is -1.98. The molecule has 3 aromatic rings. The van der Waals surface area contributed by atoms with Crippen LogP contribution in [-0.4, -0.2) is 9.97 Å². The number of aromatic amines is 1. The lowest BCUT2D eigenvalue weighted by atomic mass is 10.1. The first kappa shape index (κ1) is 9.54. The molecular weight excluding hydrogens is 220 g/mol. The van der Waals surface area contributed by atoms with Crippen molar-refractivity contribution in [1.82, 2.24) is 9.97 Å². The third kappa shape index (κ3) is 1.20. The van der Waals surface area contributed by atoms with Crippen molar-refractivity contribution in [3.05, 3.63) is 39.9 Å². The van der Waals surface area contributed by atoms with Crippen LogP contribution < -0.4 is 5.56 Å². The van der Waals surface area contributed by atoms with Crippen molar-refractivity contribution < 1.29 is 0 Å². The van der Waals surface area contributed by atoms with E-state index in [0.717, 1.165) is 15.6 Å². The van der Waals surface area contributed by atoms with Gasteiger partial charge in [-0.25, -0.2) is 4.98 Å². The predicted octanol–water partition coefficient (Wildman–Crippen LogP) is 2.75. The molecule has 3 rings (SSSR count). The molecule has 0 aliphatic rings. The number of rotatable bonds is 0. The van der Waals surface area contributed by atoms with Crippen LogP contribution in [0.3, 0.4) is 0 Å². The summed E-state index contributed by atoms with van der Waals surface area (Å²) in [7, 11) is 0. The summed E-state index contributed by atoms with van der Waals surface area (Å²) in [6.07, 6.45) is 1.47. The maximum absolute atomic E-state index is 11.7. The lowest BCUT2D eigenvalue weighted by Crippen LogP contribution is -2.03. The third-order valence-corrected chi connectivity index (χ3v) is 3.83. The van der Waals surface area contributed by atoms with Crippen molar-refractivity contribution in [3.63, 3.8) is 0 Å². The van der Waals surface area contributed by atoms with Gasteiger partial charge in [-0.1, -0.05) is 6.07 Å². The van der Waals surface area contributed by atoms with E-state index in [4.69, 9.17) is 0 Å². The summed E-state index contributed by atoms with van der Waals surface area (Å²) < 4.78 is 1.85. The Labute approximate surface area is 95.8 Å². The van der Waals surface area contributed by atoms with Crippen LogP contribution in [0.2, 0.25) is 0 Å². The van der Waals surface area contributed by atoms with Crippen LogP contribution in [0.25, 0.3) is 20.3 Å². The van der Waals surface area contributed by atoms with Crippen molar-refractivity contribution in [2.45, 2.75) is 13.8 Å². The number of hydrogen-bond acceptors (Lipinski definition) is 3. The topological polar surface area (TPSA) is 45.8 Å². The van der Waals surface area contributed by atoms with Crippen molar-refractivity contribution in [2.75, 3.05) is 0 Å². The molecule has 16 heavy (non-hydrogen) atoms. The first-order chi connectivity index (χ1) is 7.66. The molecule has 3 nitrogen and oxygen atoms in total. The molecule has 0 bridgehead atoms. The Morgan fingerprint density at radius 1 is 1.31 bits per heavy atom. The van der Waals surface area contributed by atoms with E-state index in [1.165, 1.54) is 28.8 Å². The highest BCUT2D eigenvalue weighted by atomic mass is 32.1. The predicted molar refractivity (Wildman–Crippen MR) is 67.2 cm³/mol. The highest BCUT2D eigenvalue weighted by Gasteiger charge is 2.11. The summed E-state index contributed by atoms with van der Waals surface area (Å²) in [6, 6.07) is 4.23. The summed E-state index contributed by atoms with van der Waals surface area (Å²) in [5, 5.41) is 1.11. The van der Waals surface area contributed by atoms with Gasteiger partial charge in [-0.3, -0.25) is 4.79 Å². The fourth-order valence-corrected chi connectivity index (χ4v) is 3.31. The fourth-order valence-electron chi connectivity index (χ4n) is 2.08. The van der Waals surface area contributed by atoms with E-state index >= 15 is 0 Å². The maximum atomic E-state index is 11.7. The van der Waals surface area contributed by atoms with Gasteiger partial charge >= 0.3 is 0 Å². The van der Waals surface area contributed by atoms with Gasteiger partial charge in [0, 0.05) is 10.1 Å². The number of thiophene rings is 1. The molecule has 1 aromatic carbocycles. The summed E-state index contributed by atoms with van der Waals surface area (Å²) in [5.74, 6) is 0. The van der Waals surface area contributed by atoms with E-state index < -0.39 is 0 Å². The SMILES string of the molecule is Cc1cc(C)c2c(c1)sc1c(=O)[nH]cnc12. The zero-order valence-corrected chi connectivity index (χ0v) is 9.81. The van der Waals surface area contributed by atoms with Crippen LogP contribution in [-0.2, 0) is 0 Å². The minimum absolute atomic E-state index is 0.0525. The minimum atomic E-state index is -0.0525. The van der Waals surface area contributed by atoms with Gasteiger partial charge in [-0.15, -0.1) is 11.3 Å². The zero-order chi connectivity index (χ0) is 11.3. The summed E-state index contributed by atoms with van der Waals surface area (Å²) in [4.78, 5) is 18.5. The van der Waals surface area contributed by atoms with Gasteiger partial charge in [0.25, 0.3) is 5.56 Å².